The molecule has 0 N–H and O–H groups in total. The summed E-state index contributed by atoms with van der Waals surface area (Å²) in [6, 6.07) is 12.5. The van der Waals surface area contributed by atoms with Gasteiger partial charge in [-0.05, 0) is 102 Å². The van der Waals surface area contributed by atoms with Crippen molar-refractivity contribution in [2.75, 3.05) is 6.61 Å². The second-order valence-electron chi connectivity index (χ2n) is 39.2. The number of hydrogen-bond acceptors (Lipinski definition) is 4. The first-order valence-corrected chi connectivity index (χ1v) is 57.4. The molecule has 0 saturated carbocycles. The van der Waals surface area contributed by atoms with Gasteiger partial charge in [0.1, 0.15) is 17.0 Å². The first kappa shape index (κ1) is 114. The van der Waals surface area contributed by atoms with Gasteiger partial charge in [-0.1, -0.05) is 582 Å². The molecule has 1 aromatic rings. The molecule has 0 amide bonds. The van der Waals surface area contributed by atoms with Gasteiger partial charge in [-0.2, -0.15) is 0 Å². The molecule has 0 aliphatic heterocycles. The van der Waals surface area contributed by atoms with Crippen molar-refractivity contribution in [2.45, 2.75) is 670 Å². The van der Waals surface area contributed by atoms with Gasteiger partial charge in [0, 0.05) is 12.7 Å². The topological polar surface area (TPSA) is 36.9 Å². The molecule has 5 heteroatoms. The van der Waals surface area contributed by atoms with E-state index in [-0.39, 0.29) is 11.0 Å². The molecule has 0 radical (unpaired) electrons. The van der Waals surface area contributed by atoms with Crippen LogP contribution in [0.2, 0.25) is 6.04 Å². The Morgan fingerprint density at radius 2 is 0.368 bits per heavy atom. The van der Waals surface area contributed by atoms with Crippen LogP contribution in [-0.4, -0.2) is 32.2 Å². The Morgan fingerprint density at radius 3 is 0.590 bits per heavy atom. The Hall–Kier alpha value is -0.883. The molecule has 1 rings (SSSR count). The van der Waals surface area contributed by atoms with Crippen LogP contribution in [0.1, 0.15) is 648 Å². The zero-order valence-electron chi connectivity index (χ0n) is 82.9. The van der Waals surface area contributed by atoms with Crippen LogP contribution in [0, 0.1) is 5.41 Å². The van der Waals surface area contributed by atoms with Crippen LogP contribution >= 0.6 is 0 Å². The van der Waals surface area contributed by atoms with E-state index in [4.69, 9.17) is 9.16 Å². The van der Waals surface area contributed by atoms with Crippen molar-refractivity contribution in [1.82, 2.24) is 0 Å². The Balaban J connectivity index is 5.35. The third-order valence-electron chi connectivity index (χ3n) is 28.4. The largest absolute Gasteiger partial charge is 0.501 e. The maximum Gasteiger partial charge on any atom is 0.501 e. The molecule has 4 nitrogen and oxygen atoms in total. The van der Waals surface area contributed by atoms with Gasteiger partial charge in [0.25, 0.3) is 0 Å². The van der Waals surface area contributed by atoms with Crippen LogP contribution in [-0.2, 0) is 13.3 Å². The Morgan fingerprint density at radius 1 is 0.188 bits per heavy atom. The normalized spacial score (nSPS) is 12.9. The van der Waals surface area contributed by atoms with Crippen LogP contribution in [0.4, 0.5) is 0 Å². The van der Waals surface area contributed by atoms with Gasteiger partial charge in [-0.25, -0.2) is 0 Å². The van der Waals surface area contributed by atoms with E-state index in [0.29, 0.717) is 6.61 Å². The van der Waals surface area contributed by atoms with Gasteiger partial charge in [-0.3, -0.25) is 0 Å². The Bertz CT molecular complexity index is 1950. The standard InChI is InChI=1S/C112H220O4Si/c1-12-23-33-43-53-63-73-86-98-109(99-87-74-64-54-44-34-24-13-2,100-88-75-65-55-45-35-25-14-3)110(101-89-76-66-56-46-36-26-15-4,102-90-77-67-57-47-37-27-16-5)115-117(113-22-11,107-95-82-72-62-52-42-32-21-10)116-112(105-93-80-70-60-50-40-30-19-8,106-94-81-71-61-51-41-31-20-9)111(114-108-96-84-83-85-97-108,103-91-78-68-58-48-38-28-17-6)104-92-79-69-59-49-39-29-18-7/h83-85,96-97H,12-82,86-95,98-107H2,1-11H3. The highest BCUT2D eigenvalue weighted by molar-refractivity contribution is 6.61. The zero-order chi connectivity index (χ0) is 84.8. The lowest BCUT2D eigenvalue weighted by Gasteiger charge is -2.58. The van der Waals surface area contributed by atoms with Gasteiger partial charge in [0.2, 0.25) is 0 Å². The van der Waals surface area contributed by atoms with E-state index in [9.17, 15) is 8.85 Å². The molecule has 0 spiro atoms. The molecule has 1 aromatic carbocycles. The summed E-state index contributed by atoms with van der Waals surface area (Å²) in [7, 11) is -3.79. The summed E-state index contributed by atoms with van der Waals surface area (Å²) in [5.74, 6) is 1.07. The minimum Gasteiger partial charge on any atom is -0.484 e. The van der Waals surface area contributed by atoms with Crippen molar-refractivity contribution in [3.63, 3.8) is 0 Å². The maximum absolute atomic E-state index is 9.76. The van der Waals surface area contributed by atoms with Crippen molar-refractivity contribution in [1.29, 1.82) is 0 Å². The molecule has 0 heterocycles. The number of hydrogen-bond donors (Lipinski definition) is 0. The Kier molecular flexibility index (Phi) is 83.8. The van der Waals surface area contributed by atoms with Crippen LogP contribution < -0.4 is 4.74 Å². The van der Waals surface area contributed by atoms with Crippen LogP contribution in [0.5, 0.6) is 5.75 Å². The second kappa shape index (κ2) is 85.9. The van der Waals surface area contributed by atoms with E-state index in [1.165, 1.54) is 539 Å². The van der Waals surface area contributed by atoms with Gasteiger partial charge in [-0.15, -0.1) is 0 Å². The van der Waals surface area contributed by atoms with Crippen molar-refractivity contribution in [3.8, 4) is 5.75 Å². The zero-order valence-corrected chi connectivity index (χ0v) is 83.9. The molecule has 0 aliphatic rings. The van der Waals surface area contributed by atoms with E-state index in [0.717, 1.165) is 43.9 Å². The third kappa shape index (κ3) is 60.4. The molecule has 0 fully saturated rings. The van der Waals surface area contributed by atoms with Gasteiger partial charge in [0.05, 0.1) is 5.60 Å². The number of ether oxygens (including phenoxy) is 1. The van der Waals surface area contributed by atoms with Crippen LogP contribution in [0.15, 0.2) is 30.3 Å². The number of benzene rings is 1. The summed E-state index contributed by atoms with van der Waals surface area (Å²) in [6.07, 6.45) is 118. The number of unbranched alkanes of at least 4 members (excludes halogenated alkanes) is 70. The fraction of sp³-hybridized carbons (Fsp3) is 0.946. The molecule has 696 valence electrons. The van der Waals surface area contributed by atoms with Gasteiger partial charge >= 0.3 is 8.80 Å². The average Bonchev–Trinajstić information content (AvgIpc) is 0.733. The molecular weight excluding hydrogens is 1440 g/mol. The summed E-state index contributed by atoms with van der Waals surface area (Å²) in [6.45, 7) is 27.0. The van der Waals surface area contributed by atoms with E-state index in [2.05, 4.69) is 106 Å². The molecular formula is C112H220O4Si. The minimum atomic E-state index is -3.79. The van der Waals surface area contributed by atoms with E-state index >= 15 is 0 Å². The second-order valence-corrected chi connectivity index (χ2v) is 41.8. The van der Waals surface area contributed by atoms with E-state index in [1.54, 1.807) is 0 Å². The molecule has 0 saturated heterocycles. The first-order valence-electron chi connectivity index (χ1n) is 55.4. The van der Waals surface area contributed by atoms with Gasteiger partial charge < -0.3 is 18.0 Å². The van der Waals surface area contributed by atoms with Crippen LogP contribution in [0.25, 0.3) is 0 Å². The molecule has 0 bridgehead atoms. The maximum atomic E-state index is 9.76. The molecule has 117 heavy (non-hydrogen) atoms. The summed E-state index contributed by atoms with van der Waals surface area (Å²) in [5, 5.41) is 0. The lowest BCUT2D eigenvalue weighted by Crippen LogP contribution is -2.68. The molecule has 1 atom stereocenters. The van der Waals surface area contributed by atoms with E-state index < -0.39 is 20.0 Å². The predicted molar refractivity (Wildman–Crippen MR) is 530 cm³/mol. The monoisotopic (exact) mass is 1660 g/mol. The van der Waals surface area contributed by atoms with Crippen molar-refractivity contribution >= 4 is 8.80 Å². The molecule has 1 unspecified atom stereocenters. The smallest absolute Gasteiger partial charge is 0.484 e. The highest BCUT2D eigenvalue weighted by atomic mass is 28.4. The summed E-state index contributed by atoms with van der Waals surface area (Å²) in [4.78, 5) is 0. The molecule has 0 aromatic heterocycles. The highest BCUT2D eigenvalue weighted by Gasteiger charge is 2.63. The molecule has 0 aliphatic carbocycles. The summed E-state index contributed by atoms with van der Waals surface area (Å²) >= 11 is 0. The third-order valence-corrected chi connectivity index (χ3v) is 31.5. The van der Waals surface area contributed by atoms with Crippen LogP contribution in [0.3, 0.4) is 0 Å². The minimum absolute atomic E-state index is 0.0317. The quantitative estimate of drug-likeness (QED) is 0.0481. The number of rotatable bonds is 100. The number of para-hydroxylation sites is 1. The van der Waals surface area contributed by atoms with Gasteiger partial charge in [0.15, 0.2) is 0 Å². The Labute approximate surface area is 740 Å². The highest BCUT2D eigenvalue weighted by Crippen LogP contribution is 2.57. The first-order chi connectivity index (χ1) is 57.7. The van der Waals surface area contributed by atoms with E-state index in [1.807, 2.05) is 0 Å². The van der Waals surface area contributed by atoms with Crippen molar-refractivity contribution in [3.05, 3.63) is 30.3 Å². The van der Waals surface area contributed by atoms with Crippen molar-refractivity contribution < 1.29 is 18.0 Å². The average molecular weight is 1660 g/mol. The summed E-state index contributed by atoms with van der Waals surface area (Å²) in [5.41, 5.74) is -1.48. The fourth-order valence-corrected chi connectivity index (χ4v) is 24.4. The lowest BCUT2D eigenvalue weighted by molar-refractivity contribution is -0.194. The lowest BCUT2D eigenvalue weighted by atomic mass is 9.59. The van der Waals surface area contributed by atoms with Crippen molar-refractivity contribution in [2.24, 2.45) is 5.41 Å². The SMILES string of the molecule is CCCCCCCCCCC(CCCCCCCCCC)(CCCCCCCCCC)C(CCCCCCCCCC)(CCCCCCCCCC)O[Si](CCCCCCCCCC)(OCC)OC(CCCCCCCCCC)(CCCCCCCCCC)C(CCCCCCCCCC)(CCCCCCCCCC)Oc1ccccc1. The fourth-order valence-electron chi connectivity index (χ4n) is 20.8. The summed E-state index contributed by atoms with van der Waals surface area (Å²) < 4.78 is 36.5. The predicted octanol–water partition coefficient (Wildman–Crippen LogP) is 41.2.